The van der Waals surface area contributed by atoms with E-state index in [9.17, 15) is 0 Å². The summed E-state index contributed by atoms with van der Waals surface area (Å²) in [6, 6.07) is 0. The van der Waals surface area contributed by atoms with Crippen molar-refractivity contribution in [3.8, 4) is 0 Å². The van der Waals surface area contributed by atoms with Crippen LogP contribution >= 0.6 is 15.9 Å². The summed E-state index contributed by atoms with van der Waals surface area (Å²) in [5.41, 5.74) is 0. The highest BCUT2D eigenvalue weighted by Gasteiger charge is 2.01. The van der Waals surface area contributed by atoms with Crippen LogP contribution < -0.4 is 0 Å². The Kier molecular flexibility index (Phi) is 5.05. The summed E-state index contributed by atoms with van der Waals surface area (Å²) in [7, 11) is 0. The first kappa shape index (κ1) is 10.7. The minimum Gasteiger partial charge on any atom is -0.338 e. The highest BCUT2D eigenvalue weighted by molar-refractivity contribution is 9.10. The number of hydrogen-bond donors (Lipinski definition) is 0. The zero-order valence-corrected chi connectivity index (χ0v) is 9.51. The van der Waals surface area contributed by atoms with E-state index in [0.717, 1.165) is 18.7 Å². The molecule has 1 heterocycles. The van der Waals surface area contributed by atoms with Crippen LogP contribution in [0, 0.1) is 0 Å². The van der Waals surface area contributed by atoms with Gasteiger partial charge in [0.25, 0.3) is 0 Å². The highest BCUT2D eigenvalue weighted by Crippen LogP contribution is 2.09. The molecule has 0 aromatic carbocycles. The molecule has 0 aliphatic rings. The van der Waals surface area contributed by atoms with Crippen molar-refractivity contribution in [1.29, 1.82) is 0 Å². The van der Waals surface area contributed by atoms with Gasteiger partial charge in [0.1, 0.15) is 0 Å². The number of rotatable bonds is 6. The summed E-state index contributed by atoms with van der Waals surface area (Å²) in [6.07, 6.45) is 7.23. The van der Waals surface area contributed by atoms with E-state index in [2.05, 4.69) is 33.0 Å². The SMILES string of the molecule is CCCCCCCc1nc(Br)no1. The van der Waals surface area contributed by atoms with Crippen molar-refractivity contribution in [1.82, 2.24) is 10.1 Å². The third kappa shape index (κ3) is 4.41. The zero-order valence-electron chi connectivity index (χ0n) is 7.92. The van der Waals surface area contributed by atoms with Gasteiger partial charge in [-0.25, -0.2) is 0 Å². The van der Waals surface area contributed by atoms with E-state index in [-0.39, 0.29) is 0 Å². The molecule has 1 aromatic heterocycles. The van der Waals surface area contributed by atoms with Gasteiger partial charge < -0.3 is 4.52 Å². The second-order valence-corrected chi connectivity index (χ2v) is 3.83. The second kappa shape index (κ2) is 6.13. The van der Waals surface area contributed by atoms with E-state index >= 15 is 0 Å². The number of aryl methyl sites for hydroxylation is 1. The van der Waals surface area contributed by atoms with E-state index in [1.54, 1.807) is 0 Å². The van der Waals surface area contributed by atoms with Crippen LogP contribution in [-0.4, -0.2) is 10.1 Å². The van der Waals surface area contributed by atoms with Crippen LogP contribution in [0.3, 0.4) is 0 Å². The molecule has 0 radical (unpaired) electrons. The van der Waals surface area contributed by atoms with Crippen LogP contribution in [-0.2, 0) is 6.42 Å². The first-order valence-electron chi connectivity index (χ1n) is 4.81. The van der Waals surface area contributed by atoms with Gasteiger partial charge in [0.05, 0.1) is 0 Å². The number of aromatic nitrogens is 2. The van der Waals surface area contributed by atoms with Gasteiger partial charge in [0.2, 0.25) is 10.6 Å². The lowest BCUT2D eigenvalue weighted by Crippen LogP contribution is -1.85. The van der Waals surface area contributed by atoms with Gasteiger partial charge in [-0.05, 0) is 27.5 Å². The molecular weight excluding hydrogens is 232 g/mol. The van der Waals surface area contributed by atoms with Crippen LogP contribution in [0.5, 0.6) is 0 Å². The van der Waals surface area contributed by atoms with Crippen LogP contribution in [0.1, 0.15) is 44.9 Å². The van der Waals surface area contributed by atoms with Crippen molar-refractivity contribution >= 4 is 15.9 Å². The van der Waals surface area contributed by atoms with Gasteiger partial charge >= 0.3 is 0 Å². The molecule has 0 aliphatic heterocycles. The average Bonchev–Trinajstić information content (AvgIpc) is 2.51. The Morgan fingerprint density at radius 1 is 1.23 bits per heavy atom. The Hall–Kier alpha value is -0.380. The van der Waals surface area contributed by atoms with E-state index in [1.165, 1.54) is 25.7 Å². The molecule has 3 nitrogen and oxygen atoms in total. The molecule has 1 rings (SSSR count). The van der Waals surface area contributed by atoms with Crippen molar-refractivity contribution in [3.63, 3.8) is 0 Å². The van der Waals surface area contributed by atoms with E-state index < -0.39 is 0 Å². The number of halogens is 1. The zero-order chi connectivity index (χ0) is 9.52. The molecule has 0 amide bonds. The Bertz CT molecular complexity index is 237. The predicted octanol–water partition coefficient (Wildman–Crippen LogP) is 3.35. The summed E-state index contributed by atoms with van der Waals surface area (Å²) >= 11 is 3.15. The lowest BCUT2D eigenvalue weighted by Gasteiger charge is -1.95. The van der Waals surface area contributed by atoms with Crippen molar-refractivity contribution < 1.29 is 4.52 Å². The van der Waals surface area contributed by atoms with Crippen molar-refractivity contribution in [2.45, 2.75) is 45.4 Å². The fourth-order valence-electron chi connectivity index (χ4n) is 1.22. The Morgan fingerprint density at radius 2 is 2.00 bits per heavy atom. The first-order chi connectivity index (χ1) is 6.33. The number of unbranched alkanes of at least 4 members (excludes halogenated alkanes) is 4. The predicted molar refractivity (Wildman–Crippen MR) is 54.5 cm³/mol. The maximum absolute atomic E-state index is 4.96. The van der Waals surface area contributed by atoms with Gasteiger partial charge in [0.15, 0.2) is 0 Å². The minimum atomic E-state index is 0.552. The fraction of sp³-hybridized carbons (Fsp3) is 0.778. The monoisotopic (exact) mass is 246 g/mol. The molecule has 0 fully saturated rings. The summed E-state index contributed by atoms with van der Waals surface area (Å²) < 4.78 is 5.51. The lowest BCUT2D eigenvalue weighted by molar-refractivity contribution is 0.370. The molecule has 13 heavy (non-hydrogen) atoms. The molecule has 0 bridgehead atoms. The largest absolute Gasteiger partial charge is 0.338 e. The van der Waals surface area contributed by atoms with Crippen LogP contribution in [0.25, 0.3) is 0 Å². The molecule has 0 saturated heterocycles. The molecule has 0 saturated carbocycles. The average molecular weight is 247 g/mol. The van der Waals surface area contributed by atoms with Gasteiger partial charge in [0, 0.05) is 6.42 Å². The third-order valence-corrected chi connectivity index (χ3v) is 2.26. The highest BCUT2D eigenvalue weighted by atomic mass is 79.9. The summed E-state index contributed by atoms with van der Waals surface area (Å²) in [5, 5.41) is 3.66. The van der Waals surface area contributed by atoms with Crippen LogP contribution in [0.2, 0.25) is 0 Å². The van der Waals surface area contributed by atoms with E-state index in [0.29, 0.717) is 4.73 Å². The van der Waals surface area contributed by atoms with Gasteiger partial charge in [-0.1, -0.05) is 32.6 Å². The molecule has 0 aliphatic carbocycles. The normalized spacial score (nSPS) is 10.6. The smallest absolute Gasteiger partial charge is 0.238 e. The molecular formula is C9H15BrN2O. The molecule has 1 aromatic rings. The van der Waals surface area contributed by atoms with Gasteiger partial charge in [-0.15, -0.1) is 0 Å². The Labute approximate surface area is 87.0 Å². The Morgan fingerprint density at radius 3 is 2.62 bits per heavy atom. The van der Waals surface area contributed by atoms with Crippen molar-refractivity contribution in [3.05, 3.63) is 10.6 Å². The molecule has 0 atom stereocenters. The summed E-state index contributed by atoms with van der Waals surface area (Å²) in [6.45, 7) is 2.22. The third-order valence-electron chi connectivity index (χ3n) is 1.94. The fourth-order valence-corrected chi connectivity index (χ4v) is 1.49. The first-order valence-corrected chi connectivity index (χ1v) is 5.60. The lowest BCUT2D eigenvalue weighted by atomic mass is 10.1. The molecule has 4 heteroatoms. The van der Waals surface area contributed by atoms with E-state index in [1.807, 2.05) is 0 Å². The topological polar surface area (TPSA) is 38.9 Å². The molecule has 0 spiro atoms. The van der Waals surface area contributed by atoms with Gasteiger partial charge in [-0.2, -0.15) is 4.98 Å². The second-order valence-electron chi connectivity index (χ2n) is 3.12. The summed E-state index contributed by atoms with van der Waals surface area (Å²) in [4.78, 5) is 4.07. The number of nitrogens with zero attached hydrogens (tertiary/aromatic N) is 2. The van der Waals surface area contributed by atoms with Crippen LogP contribution in [0.4, 0.5) is 0 Å². The van der Waals surface area contributed by atoms with E-state index in [4.69, 9.17) is 4.52 Å². The quantitative estimate of drug-likeness (QED) is 0.723. The number of hydrogen-bond acceptors (Lipinski definition) is 3. The maximum Gasteiger partial charge on any atom is 0.238 e. The van der Waals surface area contributed by atoms with Crippen molar-refractivity contribution in [2.24, 2.45) is 0 Å². The standard InChI is InChI=1S/C9H15BrN2O/c1-2-3-4-5-6-7-8-11-9(10)12-13-8/h2-7H2,1H3. The Balaban J connectivity index is 2.06. The van der Waals surface area contributed by atoms with Crippen LogP contribution in [0.15, 0.2) is 9.26 Å². The summed E-state index contributed by atoms with van der Waals surface area (Å²) in [5.74, 6) is 0.739. The maximum atomic E-state index is 4.96. The van der Waals surface area contributed by atoms with Gasteiger partial charge in [-0.3, -0.25) is 0 Å². The van der Waals surface area contributed by atoms with Crippen molar-refractivity contribution in [2.75, 3.05) is 0 Å². The molecule has 74 valence electrons. The molecule has 0 unspecified atom stereocenters. The molecule has 0 N–H and O–H groups in total. The minimum absolute atomic E-state index is 0.552.